The van der Waals surface area contributed by atoms with E-state index < -0.39 is 103 Å². The number of rotatable bonds is 14. The Morgan fingerprint density at radius 2 is 1.51 bits per heavy atom. The highest BCUT2D eigenvalue weighted by Crippen LogP contribution is 2.37. The number of amides is 2. The van der Waals surface area contributed by atoms with Gasteiger partial charge in [-0.05, 0) is 45.6 Å². The summed E-state index contributed by atoms with van der Waals surface area (Å²) < 4.78 is 46.0. The molecule has 3 fully saturated rings. The van der Waals surface area contributed by atoms with Crippen LogP contribution >= 0.6 is 0 Å². The zero-order valence-corrected chi connectivity index (χ0v) is 34.0. The van der Waals surface area contributed by atoms with E-state index >= 15 is 0 Å². The average molecular weight is 830 g/mol. The van der Waals surface area contributed by atoms with Crippen molar-refractivity contribution in [3.8, 4) is 0 Å². The maximum atomic E-state index is 14.2. The molecule has 3 aliphatic rings. The molecule has 0 bridgehead atoms. The fraction of sp³-hybridized carbons (Fsp3) is 0.615. The summed E-state index contributed by atoms with van der Waals surface area (Å²) in [5.74, 6) is -4.51. The van der Waals surface area contributed by atoms with Gasteiger partial charge < -0.3 is 48.1 Å². The van der Waals surface area contributed by atoms with E-state index in [0.29, 0.717) is 19.3 Å². The summed E-state index contributed by atoms with van der Waals surface area (Å²) in [5, 5.41) is 11.1. The largest absolute Gasteiger partial charge is 0.463 e. The summed E-state index contributed by atoms with van der Waals surface area (Å²) in [6.45, 7) is 9.11. The third-order valence-corrected chi connectivity index (χ3v) is 9.59. The lowest BCUT2D eigenvalue weighted by Gasteiger charge is -2.43. The number of hydrogen-bond acceptors (Lipinski definition) is 17. The van der Waals surface area contributed by atoms with Gasteiger partial charge in [0.1, 0.15) is 42.7 Å². The number of alkyl carbamates (subject to hydrolysis) is 1. The fourth-order valence-electron chi connectivity index (χ4n) is 7.37. The summed E-state index contributed by atoms with van der Waals surface area (Å²) >= 11 is 0. The standard InChI is InChI=1S/C39H51N5O15/c1-21(45)52-20-30-32(55-22(2)46)33(56-23(3)47)34(57-24(4)48)37(58-30)53-19-27-17-43(42-41-27)16-26-15-28-13-14-29(36(50)59-39(5,6)7)44(28)35(49)31(26)40-38(51)54-18-25-11-9-8-10-12-25/h8-12,17,26,28-34,37H,13-16,18-20H2,1-7H3,(H,40,51)/t26?,28?,29-,30+,31?,32+,33-,34+,37+/m0/s1. The number of benzene rings is 1. The summed E-state index contributed by atoms with van der Waals surface area (Å²) in [4.78, 5) is 90.2. The Kier molecular flexibility index (Phi) is 14.6. The molecule has 0 spiro atoms. The molecule has 0 saturated carbocycles. The molecule has 5 rings (SSSR count). The van der Waals surface area contributed by atoms with Crippen LogP contribution < -0.4 is 5.32 Å². The first kappa shape index (κ1) is 44.5. The number of nitrogens with one attached hydrogen (secondary N) is 1. The van der Waals surface area contributed by atoms with Gasteiger partial charge in [0.25, 0.3) is 0 Å². The van der Waals surface area contributed by atoms with Gasteiger partial charge in [-0.25, -0.2) is 9.59 Å². The third-order valence-electron chi connectivity index (χ3n) is 9.59. The molecule has 0 radical (unpaired) electrons. The van der Waals surface area contributed by atoms with Crippen molar-refractivity contribution in [1.82, 2.24) is 25.2 Å². The maximum Gasteiger partial charge on any atom is 0.408 e. The highest BCUT2D eigenvalue weighted by molar-refractivity contribution is 5.91. The first-order valence-corrected chi connectivity index (χ1v) is 19.2. The predicted molar refractivity (Wildman–Crippen MR) is 198 cm³/mol. The topological polar surface area (TPSA) is 239 Å². The van der Waals surface area contributed by atoms with Crippen molar-refractivity contribution in [1.29, 1.82) is 0 Å². The molecule has 0 aliphatic carbocycles. The Morgan fingerprint density at radius 1 is 0.847 bits per heavy atom. The van der Waals surface area contributed by atoms with Crippen LogP contribution in [0.2, 0.25) is 0 Å². The number of hydrogen-bond donors (Lipinski definition) is 1. The molecule has 4 heterocycles. The molecule has 2 aromatic rings. The Morgan fingerprint density at radius 3 is 2.15 bits per heavy atom. The van der Waals surface area contributed by atoms with Crippen molar-refractivity contribution in [2.75, 3.05) is 6.61 Å². The number of fused-ring (bicyclic) bond motifs is 1. The number of carbonyl (C=O) groups is 7. The van der Waals surface area contributed by atoms with E-state index in [0.717, 1.165) is 33.3 Å². The van der Waals surface area contributed by atoms with E-state index in [9.17, 15) is 33.6 Å². The minimum Gasteiger partial charge on any atom is -0.463 e. The zero-order chi connectivity index (χ0) is 43.0. The molecular weight excluding hydrogens is 778 g/mol. The highest BCUT2D eigenvalue weighted by Gasteiger charge is 2.54. The van der Waals surface area contributed by atoms with Crippen molar-refractivity contribution in [2.45, 2.75) is 142 Å². The average Bonchev–Trinajstić information content (AvgIpc) is 3.79. The SMILES string of the molecule is CC(=O)OC[C@H]1O[C@@H](OCc2cn(CC3CC4CC[C@@H](C(=O)OC(C)(C)C)N4C(=O)C3NC(=O)OCc3ccccc3)nn2)[C@H](OC(C)=O)[C@@H](OC(C)=O)[C@@H]1OC(C)=O. The van der Waals surface area contributed by atoms with Gasteiger partial charge in [0.05, 0.1) is 12.8 Å². The van der Waals surface area contributed by atoms with Crippen molar-refractivity contribution >= 4 is 41.8 Å². The van der Waals surface area contributed by atoms with Crippen molar-refractivity contribution < 1.29 is 71.5 Å². The van der Waals surface area contributed by atoms with E-state index in [4.69, 9.17) is 37.9 Å². The Balaban J connectivity index is 1.33. The first-order valence-electron chi connectivity index (χ1n) is 19.2. The monoisotopic (exact) mass is 829 g/mol. The summed E-state index contributed by atoms with van der Waals surface area (Å²) in [6, 6.07) is 6.82. The second kappa shape index (κ2) is 19.4. The Hall–Kier alpha value is -5.63. The normalized spacial score (nSPS) is 26.5. The molecule has 3 unspecified atom stereocenters. The molecule has 9 atom stereocenters. The lowest BCUT2D eigenvalue weighted by Crippen LogP contribution is -2.62. The van der Waals surface area contributed by atoms with Crippen molar-refractivity contribution in [2.24, 2.45) is 5.92 Å². The van der Waals surface area contributed by atoms with Gasteiger partial charge in [-0.1, -0.05) is 35.5 Å². The molecule has 20 nitrogen and oxygen atoms in total. The number of nitrogens with zero attached hydrogens (tertiary/aromatic N) is 4. The minimum absolute atomic E-state index is 0.0306. The number of carbonyl (C=O) groups excluding carboxylic acids is 7. The van der Waals surface area contributed by atoms with Gasteiger partial charge >= 0.3 is 35.9 Å². The van der Waals surface area contributed by atoms with Crippen molar-refractivity contribution in [3.05, 3.63) is 47.8 Å². The van der Waals surface area contributed by atoms with Crippen LogP contribution in [0.1, 0.15) is 79.0 Å². The van der Waals surface area contributed by atoms with E-state index in [2.05, 4.69) is 15.6 Å². The van der Waals surface area contributed by atoms with Crippen LogP contribution in [0.15, 0.2) is 36.5 Å². The van der Waals surface area contributed by atoms with Crippen LogP contribution in [0, 0.1) is 5.92 Å². The van der Waals surface area contributed by atoms with E-state index in [1.807, 2.05) is 18.2 Å². The number of aromatic nitrogens is 3. The van der Waals surface area contributed by atoms with Crippen LogP contribution in [0.3, 0.4) is 0 Å². The molecule has 322 valence electrons. The number of piperidine rings is 1. The second-order valence-electron chi connectivity index (χ2n) is 15.5. The summed E-state index contributed by atoms with van der Waals surface area (Å²) in [7, 11) is 0. The summed E-state index contributed by atoms with van der Waals surface area (Å²) in [6.07, 6.45) is -4.80. The summed E-state index contributed by atoms with van der Waals surface area (Å²) in [5.41, 5.74) is 0.246. The molecule has 20 heteroatoms. The van der Waals surface area contributed by atoms with Crippen LogP contribution in [0.4, 0.5) is 4.79 Å². The molecule has 1 N–H and O–H groups in total. The van der Waals surface area contributed by atoms with Crippen molar-refractivity contribution in [3.63, 3.8) is 0 Å². The second-order valence-corrected chi connectivity index (χ2v) is 15.5. The van der Waals surface area contributed by atoms with Crippen LogP contribution in [0.5, 0.6) is 0 Å². The fourth-order valence-corrected chi connectivity index (χ4v) is 7.37. The van der Waals surface area contributed by atoms with Gasteiger partial charge in [-0.15, -0.1) is 5.10 Å². The van der Waals surface area contributed by atoms with E-state index in [-0.39, 0.29) is 31.5 Å². The molecule has 1 aromatic heterocycles. The Labute approximate surface area is 340 Å². The molecular formula is C39H51N5O15. The molecule has 3 saturated heterocycles. The minimum atomic E-state index is -1.45. The van der Waals surface area contributed by atoms with Gasteiger partial charge in [-0.3, -0.25) is 28.7 Å². The van der Waals surface area contributed by atoms with Gasteiger partial charge in [0, 0.05) is 46.2 Å². The van der Waals surface area contributed by atoms with Gasteiger partial charge in [-0.2, -0.15) is 0 Å². The van der Waals surface area contributed by atoms with Gasteiger partial charge in [0.2, 0.25) is 5.91 Å². The predicted octanol–water partition coefficient (Wildman–Crippen LogP) is 1.89. The zero-order valence-electron chi connectivity index (χ0n) is 34.0. The lowest BCUT2D eigenvalue weighted by atomic mass is 9.86. The first-order chi connectivity index (χ1) is 27.9. The van der Waals surface area contributed by atoms with E-state index in [1.54, 1.807) is 39.1 Å². The number of ether oxygens (including phenoxy) is 8. The maximum absolute atomic E-state index is 14.2. The van der Waals surface area contributed by atoms with Crippen LogP contribution in [-0.4, -0.2) is 123 Å². The third kappa shape index (κ3) is 12.2. The Bertz CT molecular complexity index is 1850. The van der Waals surface area contributed by atoms with Crippen LogP contribution in [-0.2, 0) is 86.4 Å². The number of esters is 5. The molecule has 1 aromatic carbocycles. The van der Waals surface area contributed by atoms with Gasteiger partial charge in [0.15, 0.2) is 24.6 Å². The quantitative estimate of drug-likeness (QED) is 0.211. The highest BCUT2D eigenvalue weighted by atomic mass is 16.7. The lowest BCUT2D eigenvalue weighted by molar-refractivity contribution is -0.310. The van der Waals surface area contributed by atoms with Crippen LogP contribution in [0.25, 0.3) is 0 Å². The molecule has 3 aliphatic heterocycles. The smallest absolute Gasteiger partial charge is 0.408 e. The molecule has 59 heavy (non-hydrogen) atoms. The van der Waals surface area contributed by atoms with E-state index in [1.165, 1.54) is 9.58 Å². The molecule has 2 amide bonds.